The van der Waals surface area contributed by atoms with Gasteiger partial charge in [0.1, 0.15) is 5.78 Å². The Kier molecular flexibility index (Phi) is 5.97. The molecule has 0 aromatic rings. The van der Waals surface area contributed by atoms with Crippen molar-refractivity contribution in [1.29, 1.82) is 0 Å². The third kappa shape index (κ3) is 4.36. The lowest BCUT2D eigenvalue weighted by Gasteiger charge is -2.13. The molecule has 1 heteroatoms. The predicted octanol–water partition coefficient (Wildman–Crippen LogP) is 4.35. The van der Waals surface area contributed by atoms with Gasteiger partial charge in [0.25, 0.3) is 0 Å². The monoisotopic (exact) mass is 210 g/mol. The van der Waals surface area contributed by atoms with Crippen LogP contribution in [0.1, 0.15) is 71.6 Å². The van der Waals surface area contributed by atoms with Crippen LogP contribution in [0.15, 0.2) is 0 Å². The van der Waals surface area contributed by atoms with Gasteiger partial charge in [0.05, 0.1) is 0 Å². The highest BCUT2D eigenvalue weighted by Gasteiger charge is 2.22. The predicted molar refractivity (Wildman–Crippen MR) is 64.9 cm³/mol. The number of hydrogen-bond donors (Lipinski definition) is 0. The van der Waals surface area contributed by atoms with Crippen molar-refractivity contribution < 1.29 is 4.79 Å². The van der Waals surface area contributed by atoms with E-state index in [2.05, 4.69) is 13.8 Å². The standard InChI is InChI=1S/C14H26O/c1-3-6-12-8-5-9-13(11-10-12)14(15)7-4-2/h12-13H,3-11H2,1-2H3. The summed E-state index contributed by atoms with van der Waals surface area (Å²) in [6, 6.07) is 0. The molecule has 1 saturated carbocycles. The highest BCUT2D eigenvalue weighted by molar-refractivity contribution is 5.80. The Balaban J connectivity index is 2.35. The molecule has 0 aromatic heterocycles. The second-order valence-corrected chi connectivity index (χ2v) is 5.08. The van der Waals surface area contributed by atoms with E-state index in [1.807, 2.05) is 0 Å². The maximum atomic E-state index is 11.8. The Morgan fingerprint density at radius 3 is 2.53 bits per heavy atom. The average Bonchev–Trinajstić information content (AvgIpc) is 2.44. The smallest absolute Gasteiger partial charge is 0.135 e. The molecule has 2 atom stereocenters. The third-order valence-corrected chi connectivity index (χ3v) is 3.74. The molecule has 0 amide bonds. The summed E-state index contributed by atoms with van der Waals surface area (Å²) in [4.78, 5) is 11.8. The zero-order valence-corrected chi connectivity index (χ0v) is 10.4. The second kappa shape index (κ2) is 7.03. The Hall–Kier alpha value is -0.330. The summed E-state index contributed by atoms with van der Waals surface area (Å²) in [6.45, 7) is 4.37. The first-order valence-electron chi connectivity index (χ1n) is 6.80. The van der Waals surface area contributed by atoms with Crippen LogP contribution in [0, 0.1) is 11.8 Å². The van der Waals surface area contributed by atoms with Crippen molar-refractivity contribution >= 4 is 5.78 Å². The lowest BCUT2D eigenvalue weighted by atomic mass is 9.91. The molecule has 0 saturated heterocycles. The summed E-state index contributed by atoms with van der Waals surface area (Å²) in [6.07, 6.45) is 10.8. The molecule has 1 fully saturated rings. The number of carbonyl (C=O) groups is 1. The van der Waals surface area contributed by atoms with Crippen molar-refractivity contribution in [1.82, 2.24) is 0 Å². The zero-order valence-electron chi connectivity index (χ0n) is 10.4. The van der Waals surface area contributed by atoms with Crippen molar-refractivity contribution in [2.24, 2.45) is 11.8 Å². The van der Waals surface area contributed by atoms with Gasteiger partial charge >= 0.3 is 0 Å². The van der Waals surface area contributed by atoms with Gasteiger partial charge in [0.2, 0.25) is 0 Å². The minimum absolute atomic E-state index is 0.409. The van der Waals surface area contributed by atoms with Crippen LogP contribution in [0.5, 0.6) is 0 Å². The van der Waals surface area contributed by atoms with Gasteiger partial charge in [-0.15, -0.1) is 0 Å². The highest BCUT2D eigenvalue weighted by Crippen LogP contribution is 2.30. The average molecular weight is 210 g/mol. The SMILES string of the molecule is CCCC(=O)C1CCCC(CCC)CC1. The molecular formula is C14H26O. The van der Waals surface area contributed by atoms with Gasteiger partial charge in [-0.05, 0) is 31.6 Å². The first-order valence-corrected chi connectivity index (χ1v) is 6.80. The minimum Gasteiger partial charge on any atom is -0.299 e. The molecule has 0 N–H and O–H groups in total. The molecule has 1 nitrogen and oxygen atoms in total. The molecule has 0 aliphatic heterocycles. The molecule has 0 aromatic carbocycles. The molecule has 2 unspecified atom stereocenters. The molecular weight excluding hydrogens is 184 g/mol. The van der Waals surface area contributed by atoms with Crippen LogP contribution >= 0.6 is 0 Å². The van der Waals surface area contributed by atoms with Crippen LogP contribution in [0.4, 0.5) is 0 Å². The van der Waals surface area contributed by atoms with Gasteiger partial charge in [-0.2, -0.15) is 0 Å². The van der Waals surface area contributed by atoms with E-state index in [9.17, 15) is 4.79 Å². The first-order chi connectivity index (χ1) is 7.27. The lowest BCUT2D eigenvalue weighted by molar-refractivity contribution is -0.123. The van der Waals surface area contributed by atoms with E-state index in [0.717, 1.165) is 18.8 Å². The van der Waals surface area contributed by atoms with E-state index in [1.54, 1.807) is 0 Å². The van der Waals surface area contributed by atoms with Gasteiger partial charge in [-0.1, -0.05) is 39.5 Å². The van der Waals surface area contributed by atoms with Crippen molar-refractivity contribution in [3.8, 4) is 0 Å². The summed E-state index contributed by atoms with van der Waals surface area (Å²) in [5.41, 5.74) is 0. The van der Waals surface area contributed by atoms with Crippen molar-refractivity contribution in [2.75, 3.05) is 0 Å². The van der Waals surface area contributed by atoms with E-state index in [1.165, 1.54) is 44.9 Å². The van der Waals surface area contributed by atoms with Crippen LogP contribution in [0.25, 0.3) is 0 Å². The van der Waals surface area contributed by atoms with E-state index in [0.29, 0.717) is 11.7 Å². The molecule has 0 bridgehead atoms. The van der Waals surface area contributed by atoms with Crippen molar-refractivity contribution in [2.45, 2.75) is 71.6 Å². The van der Waals surface area contributed by atoms with Crippen molar-refractivity contribution in [3.05, 3.63) is 0 Å². The van der Waals surface area contributed by atoms with Gasteiger partial charge in [-0.25, -0.2) is 0 Å². The zero-order chi connectivity index (χ0) is 11.1. The van der Waals surface area contributed by atoms with E-state index in [4.69, 9.17) is 0 Å². The normalized spacial score (nSPS) is 27.3. The molecule has 0 heterocycles. The number of ketones is 1. The molecule has 1 aliphatic rings. The largest absolute Gasteiger partial charge is 0.299 e. The van der Waals surface area contributed by atoms with Crippen LogP contribution in [0.2, 0.25) is 0 Å². The lowest BCUT2D eigenvalue weighted by Crippen LogP contribution is -2.13. The summed E-state index contributed by atoms with van der Waals surface area (Å²) in [5, 5.41) is 0. The quantitative estimate of drug-likeness (QED) is 0.616. The molecule has 1 rings (SSSR count). The fraction of sp³-hybridized carbons (Fsp3) is 0.929. The summed E-state index contributed by atoms with van der Waals surface area (Å²) in [5.74, 6) is 1.86. The minimum atomic E-state index is 0.409. The van der Waals surface area contributed by atoms with Crippen molar-refractivity contribution in [3.63, 3.8) is 0 Å². The summed E-state index contributed by atoms with van der Waals surface area (Å²) < 4.78 is 0. The Bertz CT molecular complexity index is 186. The Labute approximate surface area is 94.6 Å². The number of hydrogen-bond acceptors (Lipinski definition) is 1. The van der Waals surface area contributed by atoms with Crippen LogP contribution in [-0.4, -0.2) is 5.78 Å². The Morgan fingerprint density at radius 1 is 1.07 bits per heavy atom. The fourth-order valence-electron chi connectivity index (χ4n) is 2.85. The second-order valence-electron chi connectivity index (χ2n) is 5.08. The van der Waals surface area contributed by atoms with Gasteiger partial charge in [0.15, 0.2) is 0 Å². The molecule has 0 spiro atoms. The van der Waals surface area contributed by atoms with Gasteiger partial charge in [0, 0.05) is 12.3 Å². The summed E-state index contributed by atoms with van der Waals surface area (Å²) >= 11 is 0. The molecule has 1 aliphatic carbocycles. The van der Waals surface area contributed by atoms with Crippen LogP contribution < -0.4 is 0 Å². The van der Waals surface area contributed by atoms with E-state index < -0.39 is 0 Å². The molecule has 88 valence electrons. The maximum absolute atomic E-state index is 11.8. The van der Waals surface area contributed by atoms with Crippen LogP contribution in [-0.2, 0) is 4.79 Å². The Morgan fingerprint density at radius 2 is 1.87 bits per heavy atom. The van der Waals surface area contributed by atoms with Crippen LogP contribution in [0.3, 0.4) is 0 Å². The number of carbonyl (C=O) groups excluding carboxylic acids is 1. The summed E-state index contributed by atoms with van der Waals surface area (Å²) in [7, 11) is 0. The first kappa shape index (κ1) is 12.7. The molecule has 0 radical (unpaired) electrons. The number of rotatable bonds is 5. The number of Topliss-reactive ketones (excluding diaryl/α,β-unsaturated/α-hetero) is 1. The van der Waals surface area contributed by atoms with E-state index >= 15 is 0 Å². The maximum Gasteiger partial charge on any atom is 0.135 e. The topological polar surface area (TPSA) is 17.1 Å². The van der Waals surface area contributed by atoms with Gasteiger partial charge < -0.3 is 0 Å². The van der Waals surface area contributed by atoms with Gasteiger partial charge in [-0.3, -0.25) is 4.79 Å². The highest BCUT2D eigenvalue weighted by atomic mass is 16.1. The fourth-order valence-corrected chi connectivity index (χ4v) is 2.85. The third-order valence-electron chi connectivity index (χ3n) is 3.74. The molecule has 15 heavy (non-hydrogen) atoms. The van der Waals surface area contributed by atoms with E-state index in [-0.39, 0.29) is 0 Å².